The quantitative estimate of drug-likeness (QED) is 0.889. The summed E-state index contributed by atoms with van der Waals surface area (Å²) in [5.41, 5.74) is 0.472. The van der Waals surface area contributed by atoms with E-state index in [2.05, 4.69) is 29.3 Å². The lowest BCUT2D eigenvalue weighted by molar-refractivity contribution is 0.00755. The molecule has 1 N–H and O–H groups in total. The fourth-order valence-electron chi connectivity index (χ4n) is 2.93. The molecule has 1 aromatic heterocycles. The summed E-state index contributed by atoms with van der Waals surface area (Å²) in [4.78, 5) is 4.56. The number of ether oxygens (including phenoxy) is 1. The molecule has 2 aliphatic rings. The first-order chi connectivity index (χ1) is 9.14. The summed E-state index contributed by atoms with van der Waals surface area (Å²) in [5.74, 6) is 1.97. The van der Waals surface area contributed by atoms with Crippen LogP contribution >= 0.6 is 0 Å². The molecule has 1 saturated carbocycles. The van der Waals surface area contributed by atoms with Gasteiger partial charge in [-0.15, -0.1) is 0 Å². The number of nitrogens with one attached hydrogen (secondary N) is 1. The second-order valence-electron chi connectivity index (χ2n) is 6.49. The molecule has 1 atom stereocenters. The lowest BCUT2D eigenvalue weighted by Gasteiger charge is -2.32. The largest absolute Gasteiger partial charge is 0.366 e. The van der Waals surface area contributed by atoms with Crippen LogP contribution in [0.4, 0.5) is 0 Å². The Morgan fingerprint density at radius 1 is 1.26 bits per heavy atom. The van der Waals surface area contributed by atoms with Crippen LogP contribution in [0.5, 0.6) is 0 Å². The highest BCUT2D eigenvalue weighted by atomic mass is 16.5. The molecule has 1 aliphatic heterocycles. The van der Waals surface area contributed by atoms with Gasteiger partial charge in [-0.05, 0) is 31.1 Å². The minimum Gasteiger partial charge on any atom is -0.366 e. The van der Waals surface area contributed by atoms with Crippen molar-refractivity contribution in [1.29, 1.82) is 0 Å². The molecular weight excluding hydrogens is 242 g/mol. The highest BCUT2D eigenvalue weighted by molar-refractivity contribution is 5.01. The number of nitrogens with zero attached hydrogens (tertiary/aromatic N) is 2. The van der Waals surface area contributed by atoms with Crippen LogP contribution in [0.2, 0.25) is 0 Å². The molecule has 1 aromatic rings. The second kappa shape index (κ2) is 5.21. The Balaban J connectivity index is 1.64. The third-order valence-electron chi connectivity index (χ3n) is 4.36. The molecule has 5 heteroatoms. The van der Waals surface area contributed by atoms with Crippen LogP contribution in [-0.4, -0.2) is 29.8 Å². The van der Waals surface area contributed by atoms with E-state index in [1.807, 2.05) is 0 Å². The van der Waals surface area contributed by atoms with Gasteiger partial charge in [0.2, 0.25) is 0 Å². The summed E-state index contributed by atoms with van der Waals surface area (Å²) in [6.07, 6.45) is 4.73. The Bertz CT molecular complexity index is 414. The number of rotatable bonds is 2. The van der Waals surface area contributed by atoms with Crippen molar-refractivity contribution >= 4 is 0 Å². The standard InChI is InChI=1S/C14H23N3O2/c1-14(2)5-3-10(4-6-14)12-16-13(19-17-12)11-9-15-7-8-18-11/h10-11,15H,3-9H2,1-2H3. The van der Waals surface area contributed by atoms with Gasteiger partial charge in [-0.1, -0.05) is 19.0 Å². The lowest BCUT2D eigenvalue weighted by atomic mass is 9.73. The molecule has 0 amide bonds. The highest BCUT2D eigenvalue weighted by Crippen LogP contribution is 2.41. The summed E-state index contributed by atoms with van der Waals surface area (Å²) < 4.78 is 11.0. The van der Waals surface area contributed by atoms with E-state index in [1.165, 1.54) is 12.8 Å². The van der Waals surface area contributed by atoms with E-state index in [9.17, 15) is 0 Å². The molecule has 0 spiro atoms. The van der Waals surface area contributed by atoms with Crippen LogP contribution in [0, 0.1) is 5.41 Å². The fourth-order valence-corrected chi connectivity index (χ4v) is 2.93. The molecule has 1 aliphatic carbocycles. The van der Waals surface area contributed by atoms with Crippen molar-refractivity contribution in [3.63, 3.8) is 0 Å². The molecule has 2 heterocycles. The van der Waals surface area contributed by atoms with Gasteiger partial charge in [-0.25, -0.2) is 0 Å². The van der Waals surface area contributed by atoms with Crippen LogP contribution in [0.25, 0.3) is 0 Å². The van der Waals surface area contributed by atoms with Gasteiger partial charge in [0.05, 0.1) is 6.61 Å². The molecule has 1 unspecified atom stereocenters. The van der Waals surface area contributed by atoms with Crippen molar-refractivity contribution in [2.45, 2.75) is 51.6 Å². The predicted molar refractivity (Wildman–Crippen MR) is 70.9 cm³/mol. The van der Waals surface area contributed by atoms with Gasteiger partial charge in [0.25, 0.3) is 5.89 Å². The molecule has 0 bridgehead atoms. The molecule has 2 fully saturated rings. The Morgan fingerprint density at radius 2 is 2.05 bits per heavy atom. The number of hydrogen-bond acceptors (Lipinski definition) is 5. The maximum Gasteiger partial charge on any atom is 0.257 e. The minimum absolute atomic E-state index is 0.0740. The van der Waals surface area contributed by atoms with E-state index in [-0.39, 0.29) is 6.10 Å². The number of hydrogen-bond donors (Lipinski definition) is 1. The molecule has 106 valence electrons. The second-order valence-corrected chi connectivity index (χ2v) is 6.49. The zero-order valence-corrected chi connectivity index (χ0v) is 11.8. The van der Waals surface area contributed by atoms with E-state index < -0.39 is 0 Å². The predicted octanol–water partition coefficient (Wildman–Crippen LogP) is 2.41. The normalized spacial score (nSPS) is 28.4. The van der Waals surface area contributed by atoms with Gasteiger partial charge in [0, 0.05) is 19.0 Å². The SMILES string of the molecule is CC1(C)CCC(c2noc(C3CNCCO3)n2)CC1. The van der Waals surface area contributed by atoms with Crippen molar-refractivity contribution < 1.29 is 9.26 Å². The topological polar surface area (TPSA) is 60.2 Å². The summed E-state index contributed by atoms with van der Waals surface area (Å²) in [7, 11) is 0. The van der Waals surface area contributed by atoms with Gasteiger partial charge in [-0.3, -0.25) is 0 Å². The first kappa shape index (κ1) is 13.1. The van der Waals surface area contributed by atoms with E-state index in [1.54, 1.807) is 0 Å². The third kappa shape index (κ3) is 2.98. The lowest BCUT2D eigenvalue weighted by Crippen LogP contribution is -2.33. The van der Waals surface area contributed by atoms with Crippen LogP contribution < -0.4 is 5.32 Å². The smallest absolute Gasteiger partial charge is 0.257 e. The monoisotopic (exact) mass is 265 g/mol. The fraction of sp³-hybridized carbons (Fsp3) is 0.857. The molecular formula is C14H23N3O2. The number of morpholine rings is 1. The molecule has 0 radical (unpaired) electrons. The maximum absolute atomic E-state index is 5.64. The van der Waals surface area contributed by atoms with E-state index >= 15 is 0 Å². The van der Waals surface area contributed by atoms with Gasteiger partial charge < -0.3 is 14.6 Å². The first-order valence-electron chi connectivity index (χ1n) is 7.30. The van der Waals surface area contributed by atoms with E-state index in [0.29, 0.717) is 23.8 Å². The van der Waals surface area contributed by atoms with E-state index in [4.69, 9.17) is 9.26 Å². The third-order valence-corrected chi connectivity index (χ3v) is 4.36. The summed E-state index contributed by atoms with van der Waals surface area (Å²) in [6, 6.07) is 0. The van der Waals surface area contributed by atoms with Gasteiger partial charge in [-0.2, -0.15) is 4.98 Å². The summed E-state index contributed by atoms with van der Waals surface area (Å²) >= 11 is 0. The average Bonchev–Trinajstić information content (AvgIpc) is 2.89. The molecule has 3 rings (SSSR count). The molecule has 1 saturated heterocycles. The van der Waals surface area contributed by atoms with Crippen LogP contribution in [0.1, 0.15) is 63.3 Å². The zero-order chi connectivity index (χ0) is 13.3. The Labute approximate surface area is 114 Å². The molecule has 19 heavy (non-hydrogen) atoms. The highest BCUT2D eigenvalue weighted by Gasteiger charge is 2.31. The van der Waals surface area contributed by atoms with Crippen LogP contribution in [0.15, 0.2) is 4.52 Å². The Kier molecular flexibility index (Phi) is 3.58. The van der Waals surface area contributed by atoms with Crippen LogP contribution in [0.3, 0.4) is 0 Å². The van der Waals surface area contributed by atoms with Crippen molar-refractivity contribution in [2.75, 3.05) is 19.7 Å². The zero-order valence-electron chi connectivity index (χ0n) is 11.8. The van der Waals surface area contributed by atoms with Gasteiger partial charge in [0.1, 0.15) is 6.10 Å². The van der Waals surface area contributed by atoms with Crippen molar-refractivity contribution in [3.8, 4) is 0 Å². The minimum atomic E-state index is -0.0740. The van der Waals surface area contributed by atoms with Crippen molar-refractivity contribution in [3.05, 3.63) is 11.7 Å². The van der Waals surface area contributed by atoms with Crippen molar-refractivity contribution in [1.82, 2.24) is 15.5 Å². The Morgan fingerprint density at radius 3 is 2.74 bits per heavy atom. The molecule has 0 aromatic carbocycles. The van der Waals surface area contributed by atoms with Gasteiger partial charge >= 0.3 is 0 Å². The first-order valence-corrected chi connectivity index (χ1v) is 7.30. The average molecular weight is 265 g/mol. The van der Waals surface area contributed by atoms with Crippen LogP contribution in [-0.2, 0) is 4.74 Å². The maximum atomic E-state index is 5.64. The Hall–Kier alpha value is -0.940. The molecule has 5 nitrogen and oxygen atoms in total. The number of aromatic nitrogens is 2. The summed E-state index contributed by atoms with van der Waals surface area (Å²) in [6.45, 7) is 7.05. The van der Waals surface area contributed by atoms with E-state index in [0.717, 1.165) is 31.8 Å². The summed E-state index contributed by atoms with van der Waals surface area (Å²) in [5, 5.41) is 7.45. The van der Waals surface area contributed by atoms with Gasteiger partial charge in [0.15, 0.2) is 5.82 Å². The van der Waals surface area contributed by atoms with Crippen molar-refractivity contribution in [2.24, 2.45) is 5.41 Å².